The van der Waals surface area contributed by atoms with Crippen molar-refractivity contribution in [2.24, 2.45) is 35.5 Å². The van der Waals surface area contributed by atoms with Gasteiger partial charge in [-0.25, -0.2) is 0 Å². The van der Waals surface area contributed by atoms with E-state index in [2.05, 4.69) is 16.7 Å². The third-order valence-electron chi connectivity index (χ3n) is 11.9. The van der Waals surface area contributed by atoms with E-state index in [0.717, 1.165) is 53.6 Å². The molecule has 188 valence electrons. The molecule has 6 fully saturated rings. The first kappa shape index (κ1) is 23.3. The first-order valence-corrected chi connectivity index (χ1v) is 15.8. The highest BCUT2D eigenvalue weighted by molar-refractivity contribution is 5.03. The Morgan fingerprint density at radius 2 is 1.42 bits per heavy atom. The van der Waals surface area contributed by atoms with E-state index in [-0.39, 0.29) is 0 Å². The van der Waals surface area contributed by atoms with Crippen LogP contribution in [0.3, 0.4) is 0 Å². The Bertz CT molecular complexity index is 612. The number of hydrogen-bond acceptors (Lipinski definition) is 2. The van der Waals surface area contributed by atoms with Crippen LogP contribution in [-0.4, -0.2) is 47.6 Å². The summed E-state index contributed by atoms with van der Waals surface area (Å²) in [6.07, 6.45) is 27.5. The fourth-order valence-electron chi connectivity index (χ4n) is 9.82. The molecule has 2 heteroatoms. The molecule has 6 aliphatic rings. The van der Waals surface area contributed by atoms with Crippen molar-refractivity contribution in [1.82, 2.24) is 9.80 Å². The Kier molecular flexibility index (Phi) is 7.42. The molecule has 0 amide bonds. The van der Waals surface area contributed by atoms with Crippen LogP contribution in [0, 0.1) is 35.5 Å². The molecule has 33 heavy (non-hydrogen) atoms. The summed E-state index contributed by atoms with van der Waals surface area (Å²) in [5.41, 5.74) is 0. The van der Waals surface area contributed by atoms with Crippen LogP contribution >= 0.6 is 0 Å². The van der Waals surface area contributed by atoms with E-state index in [1.165, 1.54) is 83.8 Å². The predicted molar refractivity (Wildman–Crippen MR) is 139 cm³/mol. The zero-order valence-corrected chi connectivity index (χ0v) is 21.9. The van der Waals surface area contributed by atoms with Gasteiger partial charge < -0.3 is 4.90 Å². The minimum absolute atomic E-state index is 0.940. The summed E-state index contributed by atoms with van der Waals surface area (Å²) in [6.45, 7) is 6.76. The summed E-state index contributed by atoms with van der Waals surface area (Å²) in [5.74, 6) is 6.35. The highest BCUT2D eigenvalue weighted by Gasteiger charge is 2.50. The SMILES string of the molecule is CCC1CCC2C(C1)C(CCC1CCCCC1)CN2C1CCC(C2CC2N2CCCC2)CC1. The van der Waals surface area contributed by atoms with Crippen molar-refractivity contribution < 1.29 is 0 Å². The average molecular weight is 455 g/mol. The number of likely N-dealkylation sites (tertiary alicyclic amines) is 2. The number of rotatable bonds is 7. The summed E-state index contributed by atoms with van der Waals surface area (Å²) in [5, 5.41) is 0. The van der Waals surface area contributed by atoms with Gasteiger partial charge in [0.25, 0.3) is 0 Å². The molecule has 4 aliphatic carbocycles. The van der Waals surface area contributed by atoms with E-state index in [4.69, 9.17) is 0 Å². The molecule has 2 nitrogen and oxygen atoms in total. The van der Waals surface area contributed by atoms with Gasteiger partial charge >= 0.3 is 0 Å². The van der Waals surface area contributed by atoms with Gasteiger partial charge in [0, 0.05) is 24.7 Å². The maximum atomic E-state index is 3.14. The minimum atomic E-state index is 0.940. The van der Waals surface area contributed by atoms with Crippen molar-refractivity contribution in [2.75, 3.05) is 19.6 Å². The van der Waals surface area contributed by atoms with Gasteiger partial charge in [0.05, 0.1) is 0 Å². The lowest BCUT2D eigenvalue weighted by Crippen LogP contribution is -2.44. The molecule has 0 bridgehead atoms. The van der Waals surface area contributed by atoms with Crippen LogP contribution in [0.5, 0.6) is 0 Å². The first-order valence-electron chi connectivity index (χ1n) is 15.8. The van der Waals surface area contributed by atoms with Crippen molar-refractivity contribution >= 4 is 0 Å². The Balaban J connectivity index is 1.04. The third kappa shape index (κ3) is 5.09. The van der Waals surface area contributed by atoms with Crippen LogP contribution < -0.4 is 0 Å². The largest absolute Gasteiger partial charge is 0.300 e. The lowest BCUT2D eigenvalue weighted by atomic mass is 9.71. The van der Waals surface area contributed by atoms with Gasteiger partial charge in [-0.3, -0.25) is 4.90 Å². The summed E-state index contributed by atoms with van der Waals surface area (Å²) < 4.78 is 0. The minimum Gasteiger partial charge on any atom is -0.300 e. The van der Waals surface area contributed by atoms with Gasteiger partial charge in [0.1, 0.15) is 0 Å². The lowest BCUT2D eigenvalue weighted by molar-refractivity contribution is 0.0770. The normalized spacial score (nSPS) is 45.4. The number of hydrogen-bond donors (Lipinski definition) is 0. The van der Waals surface area contributed by atoms with E-state index in [1.54, 1.807) is 51.4 Å². The highest BCUT2D eigenvalue weighted by Crippen LogP contribution is 2.51. The molecule has 0 aromatic rings. The predicted octanol–water partition coefficient (Wildman–Crippen LogP) is 7.52. The van der Waals surface area contributed by atoms with E-state index in [0.29, 0.717) is 0 Å². The van der Waals surface area contributed by atoms with Crippen molar-refractivity contribution in [3.8, 4) is 0 Å². The molecule has 2 aliphatic heterocycles. The van der Waals surface area contributed by atoms with Gasteiger partial charge in [0.2, 0.25) is 0 Å². The van der Waals surface area contributed by atoms with Crippen LogP contribution in [0.1, 0.15) is 122 Å². The maximum Gasteiger partial charge on any atom is 0.0130 e. The Labute approximate surface area is 205 Å². The molecular weight excluding hydrogens is 400 g/mol. The van der Waals surface area contributed by atoms with Crippen LogP contribution in [0.25, 0.3) is 0 Å². The van der Waals surface area contributed by atoms with Crippen LogP contribution in [-0.2, 0) is 0 Å². The van der Waals surface area contributed by atoms with E-state index < -0.39 is 0 Å². The molecule has 6 rings (SSSR count). The Morgan fingerprint density at radius 3 is 2.18 bits per heavy atom. The topological polar surface area (TPSA) is 6.48 Å². The molecule has 0 spiro atoms. The molecule has 6 unspecified atom stereocenters. The molecule has 0 aromatic carbocycles. The quantitative estimate of drug-likeness (QED) is 0.392. The van der Waals surface area contributed by atoms with Crippen LogP contribution in [0.15, 0.2) is 0 Å². The van der Waals surface area contributed by atoms with Crippen molar-refractivity contribution in [3.05, 3.63) is 0 Å². The summed E-state index contributed by atoms with van der Waals surface area (Å²) in [4.78, 5) is 5.99. The lowest BCUT2D eigenvalue weighted by Gasteiger charge is -2.42. The second kappa shape index (κ2) is 10.5. The first-order chi connectivity index (χ1) is 16.3. The monoisotopic (exact) mass is 454 g/mol. The molecule has 0 N–H and O–H groups in total. The smallest absolute Gasteiger partial charge is 0.0130 e. The molecule has 0 aromatic heterocycles. The second-order valence-electron chi connectivity index (χ2n) is 13.6. The zero-order valence-electron chi connectivity index (χ0n) is 21.9. The van der Waals surface area contributed by atoms with Gasteiger partial charge in [-0.2, -0.15) is 0 Å². The van der Waals surface area contributed by atoms with Gasteiger partial charge in [0.15, 0.2) is 0 Å². The molecular formula is C31H54N2. The van der Waals surface area contributed by atoms with Gasteiger partial charge in [-0.05, 0) is 119 Å². The average Bonchev–Trinajstić information content (AvgIpc) is 3.31. The number of nitrogens with zero attached hydrogens (tertiary/aromatic N) is 2. The zero-order chi connectivity index (χ0) is 22.2. The van der Waals surface area contributed by atoms with Crippen LogP contribution in [0.2, 0.25) is 0 Å². The highest BCUT2D eigenvalue weighted by atomic mass is 15.2. The van der Waals surface area contributed by atoms with Crippen molar-refractivity contribution in [2.45, 2.75) is 141 Å². The Hall–Kier alpha value is -0.0800. The van der Waals surface area contributed by atoms with Gasteiger partial charge in [-0.15, -0.1) is 0 Å². The molecule has 4 saturated carbocycles. The maximum absolute atomic E-state index is 3.14. The van der Waals surface area contributed by atoms with E-state index >= 15 is 0 Å². The fraction of sp³-hybridized carbons (Fsp3) is 1.00. The summed E-state index contributed by atoms with van der Waals surface area (Å²) in [7, 11) is 0. The Morgan fingerprint density at radius 1 is 0.636 bits per heavy atom. The van der Waals surface area contributed by atoms with Crippen LogP contribution in [0.4, 0.5) is 0 Å². The molecule has 2 saturated heterocycles. The fourth-order valence-corrected chi connectivity index (χ4v) is 9.82. The van der Waals surface area contributed by atoms with E-state index in [1.807, 2.05) is 0 Å². The number of fused-ring (bicyclic) bond motifs is 1. The standard InChI is InChI=1S/C31H54N2/c1-2-23-11-17-30-28(20-23)26(12-10-24-8-4-3-5-9-24)22-33(30)27-15-13-25(14-16-27)29-21-31(29)32-18-6-7-19-32/h23-31H,2-22H2,1H3. The van der Waals surface area contributed by atoms with Gasteiger partial charge in [-0.1, -0.05) is 51.9 Å². The van der Waals surface area contributed by atoms with Crippen molar-refractivity contribution in [3.63, 3.8) is 0 Å². The van der Waals surface area contributed by atoms with E-state index in [9.17, 15) is 0 Å². The second-order valence-corrected chi connectivity index (χ2v) is 13.6. The summed E-state index contributed by atoms with van der Waals surface area (Å²) >= 11 is 0. The summed E-state index contributed by atoms with van der Waals surface area (Å²) in [6, 6.07) is 2.90. The molecule has 6 atom stereocenters. The van der Waals surface area contributed by atoms with Crippen molar-refractivity contribution in [1.29, 1.82) is 0 Å². The molecule has 0 radical (unpaired) electrons. The third-order valence-corrected chi connectivity index (χ3v) is 11.9. The molecule has 2 heterocycles.